The van der Waals surface area contributed by atoms with Crippen molar-refractivity contribution in [2.45, 2.75) is 48.8 Å². The van der Waals surface area contributed by atoms with Crippen molar-refractivity contribution in [1.29, 1.82) is 0 Å². The average molecular weight is 483 g/mol. The number of aliphatic carboxylic acids is 1. The fourth-order valence-electron chi connectivity index (χ4n) is 5.18. The molecule has 4 rings (SSSR count). The number of piperidine rings is 1. The van der Waals surface area contributed by atoms with Crippen LogP contribution in [-0.2, 0) is 11.2 Å². The van der Waals surface area contributed by atoms with Gasteiger partial charge in [0.1, 0.15) is 11.6 Å². The zero-order valence-corrected chi connectivity index (χ0v) is 20.4. The molecule has 0 aliphatic carbocycles. The number of benzene rings is 2. The van der Waals surface area contributed by atoms with E-state index in [2.05, 4.69) is 10.3 Å². The van der Waals surface area contributed by atoms with Crippen LogP contribution in [0.2, 0.25) is 0 Å². The minimum absolute atomic E-state index is 0.0439. The van der Waals surface area contributed by atoms with E-state index in [1.807, 2.05) is 43.5 Å². The number of aryl methyl sites for hydroxylation is 1. The van der Waals surface area contributed by atoms with Gasteiger partial charge in [0.15, 0.2) is 0 Å². The molecule has 0 spiro atoms. The first-order valence-corrected chi connectivity index (χ1v) is 12.6. The van der Waals surface area contributed by atoms with E-state index >= 15 is 0 Å². The Balaban J connectivity index is 1.51. The molecule has 1 fully saturated rings. The molecule has 5 nitrogen and oxygen atoms in total. The first-order chi connectivity index (χ1) is 16.5. The van der Waals surface area contributed by atoms with Gasteiger partial charge in [-0.25, -0.2) is 4.39 Å². The van der Waals surface area contributed by atoms with Gasteiger partial charge in [-0.3, -0.25) is 9.78 Å². The molecule has 0 saturated carbocycles. The molecule has 2 aromatic carbocycles. The number of carbonyl (C=O) groups is 1. The predicted octanol–water partition coefficient (Wildman–Crippen LogP) is 5.91. The van der Waals surface area contributed by atoms with Crippen LogP contribution in [0.5, 0.6) is 5.75 Å². The van der Waals surface area contributed by atoms with Crippen LogP contribution in [0.25, 0.3) is 10.9 Å². The van der Waals surface area contributed by atoms with E-state index in [1.54, 1.807) is 13.2 Å². The molecule has 1 aliphatic heterocycles. The summed E-state index contributed by atoms with van der Waals surface area (Å²) in [5.41, 5.74) is 2.13. The maximum absolute atomic E-state index is 13.8. The van der Waals surface area contributed by atoms with Crippen LogP contribution >= 0.6 is 11.8 Å². The lowest BCUT2D eigenvalue weighted by Gasteiger charge is -2.46. The van der Waals surface area contributed by atoms with E-state index in [9.17, 15) is 14.3 Å². The number of fused-ring (bicyclic) bond motifs is 1. The summed E-state index contributed by atoms with van der Waals surface area (Å²) in [7, 11) is 1.65. The van der Waals surface area contributed by atoms with Gasteiger partial charge in [-0.15, -0.1) is 11.8 Å². The fourth-order valence-corrected chi connectivity index (χ4v) is 6.66. The van der Waals surface area contributed by atoms with Crippen molar-refractivity contribution in [2.24, 2.45) is 11.8 Å². The lowest BCUT2D eigenvalue weighted by molar-refractivity contribution is -0.147. The lowest BCUT2D eigenvalue weighted by atomic mass is 9.76. The summed E-state index contributed by atoms with van der Waals surface area (Å²) in [6, 6.07) is 14.3. The van der Waals surface area contributed by atoms with Crippen LogP contribution in [0.1, 0.15) is 38.2 Å². The quantitative estimate of drug-likeness (QED) is 0.395. The molecule has 2 heterocycles. The van der Waals surface area contributed by atoms with Crippen LogP contribution in [-0.4, -0.2) is 34.6 Å². The van der Waals surface area contributed by atoms with Crippen LogP contribution < -0.4 is 10.1 Å². The number of hydrogen-bond donors (Lipinski definition) is 2. The van der Waals surface area contributed by atoms with E-state index in [1.165, 1.54) is 29.5 Å². The smallest absolute Gasteiger partial charge is 0.309 e. The number of carboxylic acids is 1. The Hall–Kier alpha value is -2.64. The predicted molar refractivity (Wildman–Crippen MR) is 134 cm³/mol. The molecule has 0 amide bonds. The molecule has 1 saturated heterocycles. The summed E-state index contributed by atoms with van der Waals surface area (Å²) in [5.74, 6) is -0.817. The number of hydrogen-bond acceptors (Lipinski definition) is 5. The Kier molecular flexibility index (Phi) is 7.73. The third kappa shape index (κ3) is 5.20. The summed E-state index contributed by atoms with van der Waals surface area (Å²) >= 11 is 1.45. The van der Waals surface area contributed by atoms with Gasteiger partial charge in [0.25, 0.3) is 0 Å². The number of methoxy groups -OCH3 is 1. The van der Waals surface area contributed by atoms with E-state index < -0.39 is 16.8 Å². The Bertz CT molecular complexity index is 1160. The molecule has 1 aliphatic rings. The van der Waals surface area contributed by atoms with Crippen molar-refractivity contribution >= 4 is 28.6 Å². The van der Waals surface area contributed by atoms with Gasteiger partial charge in [-0.05, 0) is 92.6 Å². The van der Waals surface area contributed by atoms with Gasteiger partial charge in [0, 0.05) is 16.5 Å². The van der Waals surface area contributed by atoms with Gasteiger partial charge >= 0.3 is 5.97 Å². The first-order valence-electron chi connectivity index (χ1n) is 11.8. The molecule has 0 bridgehead atoms. The Morgan fingerprint density at radius 3 is 2.88 bits per heavy atom. The van der Waals surface area contributed by atoms with Gasteiger partial charge in [-0.1, -0.05) is 13.0 Å². The first kappa shape index (κ1) is 24.5. The molecule has 3 aromatic rings. The molecule has 1 aromatic heterocycles. The van der Waals surface area contributed by atoms with E-state index in [0.29, 0.717) is 6.42 Å². The second-order valence-corrected chi connectivity index (χ2v) is 10.2. The normalized spacial score (nSPS) is 22.6. The van der Waals surface area contributed by atoms with Crippen LogP contribution in [0, 0.1) is 17.7 Å². The maximum atomic E-state index is 13.8. The SMILES string of the molecule is CCC1(Sc2cccc(F)c2)NCC[C@@H](CCCc2ccnc3ccc(OC)cc23)[C@H]1C(=O)O. The van der Waals surface area contributed by atoms with Crippen LogP contribution in [0.3, 0.4) is 0 Å². The Labute approximate surface area is 204 Å². The summed E-state index contributed by atoms with van der Waals surface area (Å²) in [4.78, 5) is 17.1. The molecule has 0 radical (unpaired) electrons. The van der Waals surface area contributed by atoms with Gasteiger partial charge in [-0.2, -0.15) is 0 Å². The minimum atomic E-state index is -0.790. The van der Waals surface area contributed by atoms with Gasteiger partial charge in [0.2, 0.25) is 0 Å². The summed E-state index contributed by atoms with van der Waals surface area (Å²) in [6.07, 6.45) is 5.82. The zero-order valence-electron chi connectivity index (χ0n) is 19.6. The van der Waals surface area contributed by atoms with Crippen molar-refractivity contribution in [3.05, 3.63) is 66.1 Å². The molecule has 3 atom stereocenters. The Morgan fingerprint density at radius 2 is 2.15 bits per heavy atom. The molecule has 34 heavy (non-hydrogen) atoms. The highest BCUT2D eigenvalue weighted by atomic mass is 32.2. The standard InChI is InChI=1S/C27H31FN2O3S/c1-3-27(34-22-9-5-8-20(28)16-22)25(26(31)32)19(13-15-30-27)7-4-6-18-12-14-29-24-11-10-21(33-2)17-23(18)24/h5,8-12,14,16-17,19,25,30H,3-4,6-7,13,15H2,1-2H3,(H,31,32)/t19-,25+,27?/m1/s1. The highest BCUT2D eigenvalue weighted by molar-refractivity contribution is 8.00. The van der Waals surface area contributed by atoms with E-state index in [0.717, 1.165) is 53.8 Å². The molecule has 1 unspecified atom stereocenters. The number of rotatable bonds is 9. The number of carboxylic acid groups (broad SMARTS) is 1. The van der Waals surface area contributed by atoms with Gasteiger partial charge in [0.05, 0.1) is 23.4 Å². The highest BCUT2D eigenvalue weighted by Gasteiger charge is 2.49. The number of halogens is 1. The van der Waals surface area contributed by atoms with Crippen molar-refractivity contribution in [2.75, 3.05) is 13.7 Å². The maximum Gasteiger partial charge on any atom is 0.309 e. The zero-order chi connectivity index (χ0) is 24.1. The highest BCUT2D eigenvalue weighted by Crippen LogP contribution is 2.47. The molecular formula is C27H31FN2O3S. The van der Waals surface area contributed by atoms with Gasteiger partial charge < -0.3 is 15.2 Å². The number of nitrogens with zero attached hydrogens (tertiary/aromatic N) is 1. The molecule has 180 valence electrons. The fraction of sp³-hybridized carbons (Fsp3) is 0.407. The number of aromatic nitrogens is 1. The van der Waals surface area contributed by atoms with Crippen molar-refractivity contribution in [1.82, 2.24) is 10.3 Å². The number of pyridine rings is 1. The van der Waals surface area contributed by atoms with Crippen molar-refractivity contribution < 1.29 is 19.0 Å². The second kappa shape index (κ2) is 10.7. The number of ether oxygens (including phenoxy) is 1. The van der Waals surface area contributed by atoms with E-state index in [4.69, 9.17) is 4.74 Å². The summed E-state index contributed by atoms with van der Waals surface area (Å²) < 4.78 is 19.2. The molecule has 7 heteroatoms. The third-order valence-electron chi connectivity index (χ3n) is 6.86. The lowest BCUT2D eigenvalue weighted by Crippen LogP contribution is -2.58. The molecular weight excluding hydrogens is 451 g/mol. The van der Waals surface area contributed by atoms with Crippen LogP contribution in [0.15, 0.2) is 59.6 Å². The van der Waals surface area contributed by atoms with E-state index in [-0.39, 0.29) is 11.7 Å². The van der Waals surface area contributed by atoms with Crippen molar-refractivity contribution in [3.63, 3.8) is 0 Å². The second-order valence-electron chi connectivity index (χ2n) is 8.84. The topological polar surface area (TPSA) is 71.5 Å². The number of nitrogens with one attached hydrogen (secondary N) is 1. The monoisotopic (exact) mass is 482 g/mol. The Morgan fingerprint density at radius 1 is 1.29 bits per heavy atom. The minimum Gasteiger partial charge on any atom is -0.497 e. The third-order valence-corrected chi connectivity index (χ3v) is 8.40. The average Bonchev–Trinajstić information content (AvgIpc) is 2.83. The largest absolute Gasteiger partial charge is 0.497 e. The summed E-state index contributed by atoms with van der Waals surface area (Å²) in [5, 5.41) is 14.8. The number of thioether (sulfide) groups is 1. The van der Waals surface area contributed by atoms with Crippen molar-refractivity contribution in [3.8, 4) is 5.75 Å². The molecule has 2 N–H and O–H groups in total. The summed E-state index contributed by atoms with van der Waals surface area (Å²) in [6.45, 7) is 2.76. The van der Waals surface area contributed by atoms with Crippen LogP contribution in [0.4, 0.5) is 4.39 Å².